The van der Waals surface area contributed by atoms with E-state index in [1.807, 2.05) is 20.8 Å². The third-order valence-electron chi connectivity index (χ3n) is 4.46. The van der Waals surface area contributed by atoms with Crippen molar-refractivity contribution in [3.63, 3.8) is 0 Å². The summed E-state index contributed by atoms with van der Waals surface area (Å²) in [6, 6.07) is 4.50. The lowest BCUT2D eigenvalue weighted by Gasteiger charge is -2.26. The highest BCUT2D eigenvalue weighted by molar-refractivity contribution is 5.74. The molecule has 22 heavy (non-hydrogen) atoms. The van der Waals surface area contributed by atoms with Crippen molar-refractivity contribution in [2.75, 3.05) is 13.2 Å². The van der Waals surface area contributed by atoms with Crippen LogP contribution in [0.15, 0.2) is 18.2 Å². The summed E-state index contributed by atoms with van der Waals surface area (Å²) < 4.78 is 18.9. The normalized spacial score (nSPS) is 21.4. The van der Waals surface area contributed by atoms with E-state index in [4.69, 9.17) is 4.74 Å². The summed E-state index contributed by atoms with van der Waals surface area (Å²) in [5.41, 5.74) is 1.28. The second kappa shape index (κ2) is 6.65. The molecule has 0 spiro atoms. The fourth-order valence-electron chi connectivity index (χ4n) is 2.76. The number of hydrogen-bond donors (Lipinski definition) is 2. The molecule has 0 aromatic heterocycles. The van der Waals surface area contributed by atoms with Crippen LogP contribution in [0, 0.1) is 18.7 Å². The highest BCUT2D eigenvalue weighted by atomic mass is 19.1. The minimum atomic E-state index is -0.233. The topological polar surface area (TPSA) is 50.4 Å². The summed E-state index contributed by atoms with van der Waals surface area (Å²) in [4.78, 5) is 12.0. The largest absolute Gasteiger partial charge is 0.375 e. The Morgan fingerprint density at radius 1 is 1.50 bits per heavy atom. The highest BCUT2D eigenvalue weighted by Crippen LogP contribution is 2.30. The predicted molar refractivity (Wildman–Crippen MR) is 84.2 cm³/mol. The molecule has 1 aromatic carbocycles. The number of hydrogen-bond acceptors (Lipinski definition) is 2. The van der Waals surface area contributed by atoms with Gasteiger partial charge in [0.1, 0.15) is 5.82 Å². The van der Waals surface area contributed by atoms with E-state index in [2.05, 4.69) is 10.6 Å². The molecule has 1 aliphatic rings. The third kappa shape index (κ3) is 3.97. The molecule has 5 heteroatoms. The molecule has 1 aliphatic heterocycles. The molecule has 0 aliphatic carbocycles. The fourth-order valence-corrected chi connectivity index (χ4v) is 2.76. The Hall–Kier alpha value is -1.62. The van der Waals surface area contributed by atoms with Crippen LogP contribution in [0.2, 0.25) is 0 Å². The molecule has 4 nitrogen and oxygen atoms in total. The first-order valence-electron chi connectivity index (χ1n) is 7.74. The van der Waals surface area contributed by atoms with Crippen LogP contribution in [0.1, 0.15) is 44.4 Å². The Kier molecular flexibility index (Phi) is 5.06. The molecule has 1 saturated heterocycles. The highest BCUT2D eigenvalue weighted by Gasteiger charge is 2.35. The predicted octanol–water partition coefficient (Wildman–Crippen LogP) is 3.31. The van der Waals surface area contributed by atoms with Gasteiger partial charge < -0.3 is 15.4 Å². The van der Waals surface area contributed by atoms with Crippen molar-refractivity contribution >= 4 is 6.03 Å². The molecule has 2 amide bonds. The Labute approximate surface area is 131 Å². The monoisotopic (exact) mass is 308 g/mol. The number of urea groups is 1. The number of benzene rings is 1. The van der Waals surface area contributed by atoms with Gasteiger partial charge in [-0.15, -0.1) is 0 Å². The van der Waals surface area contributed by atoms with Crippen LogP contribution in [0.3, 0.4) is 0 Å². The van der Waals surface area contributed by atoms with Crippen LogP contribution in [0.25, 0.3) is 0 Å². The van der Waals surface area contributed by atoms with E-state index in [1.165, 1.54) is 6.07 Å². The van der Waals surface area contributed by atoms with E-state index >= 15 is 0 Å². The average molecular weight is 308 g/mol. The van der Waals surface area contributed by atoms with E-state index in [1.54, 1.807) is 19.1 Å². The van der Waals surface area contributed by atoms with Crippen molar-refractivity contribution in [3.05, 3.63) is 35.1 Å². The number of carbonyl (C=O) groups is 1. The number of aryl methyl sites for hydroxylation is 1. The van der Waals surface area contributed by atoms with Crippen molar-refractivity contribution in [2.24, 2.45) is 5.92 Å². The SMILES string of the molecule is Cc1cc([C@@H](C)NC(=O)NCC2CCOC2(C)C)ccc1F. The zero-order chi connectivity index (χ0) is 16.3. The van der Waals surface area contributed by atoms with Crippen LogP contribution < -0.4 is 10.6 Å². The minimum Gasteiger partial charge on any atom is -0.375 e. The second-order valence-corrected chi connectivity index (χ2v) is 6.52. The summed E-state index contributed by atoms with van der Waals surface area (Å²) in [5, 5.41) is 5.78. The lowest BCUT2D eigenvalue weighted by Crippen LogP contribution is -2.42. The lowest BCUT2D eigenvalue weighted by atomic mass is 9.91. The van der Waals surface area contributed by atoms with Gasteiger partial charge in [0.2, 0.25) is 0 Å². The van der Waals surface area contributed by atoms with Gasteiger partial charge in [0.25, 0.3) is 0 Å². The van der Waals surface area contributed by atoms with Crippen molar-refractivity contribution < 1.29 is 13.9 Å². The van der Waals surface area contributed by atoms with Gasteiger partial charge in [0, 0.05) is 19.1 Å². The van der Waals surface area contributed by atoms with E-state index < -0.39 is 0 Å². The molecule has 1 aromatic rings. The van der Waals surface area contributed by atoms with Crippen molar-refractivity contribution in [2.45, 2.75) is 45.8 Å². The summed E-state index contributed by atoms with van der Waals surface area (Å²) in [5.74, 6) is 0.0884. The van der Waals surface area contributed by atoms with Gasteiger partial charge in [-0.1, -0.05) is 12.1 Å². The van der Waals surface area contributed by atoms with Crippen molar-refractivity contribution in [3.8, 4) is 0 Å². The smallest absolute Gasteiger partial charge is 0.315 e. The van der Waals surface area contributed by atoms with E-state index in [-0.39, 0.29) is 23.5 Å². The molecule has 1 heterocycles. The summed E-state index contributed by atoms with van der Waals surface area (Å²) in [6.45, 7) is 9.03. The summed E-state index contributed by atoms with van der Waals surface area (Å²) in [7, 11) is 0. The zero-order valence-electron chi connectivity index (χ0n) is 13.7. The molecule has 0 saturated carbocycles. The van der Waals surface area contributed by atoms with Crippen molar-refractivity contribution in [1.82, 2.24) is 10.6 Å². The number of amides is 2. The third-order valence-corrected chi connectivity index (χ3v) is 4.46. The standard InChI is InChI=1S/C17H25FN2O2/c1-11-9-13(5-6-15(11)18)12(2)20-16(21)19-10-14-7-8-22-17(14,3)4/h5-6,9,12,14H,7-8,10H2,1-4H3,(H2,19,20,21)/t12-,14?/m1/s1. The van der Waals surface area contributed by atoms with E-state index in [0.29, 0.717) is 18.0 Å². The molecule has 2 atom stereocenters. The molecule has 2 N–H and O–H groups in total. The average Bonchev–Trinajstić information content (AvgIpc) is 2.78. The van der Waals surface area contributed by atoms with Crippen LogP contribution in [0.5, 0.6) is 0 Å². The van der Waals surface area contributed by atoms with Crippen LogP contribution in [-0.4, -0.2) is 24.8 Å². The van der Waals surface area contributed by atoms with E-state index in [9.17, 15) is 9.18 Å². The fraction of sp³-hybridized carbons (Fsp3) is 0.588. The molecule has 0 bridgehead atoms. The first-order chi connectivity index (χ1) is 10.3. The maximum absolute atomic E-state index is 13.3. The number of ether oxygens (including phenoxy) is 1. The second-order valence-electron chi connectivity index (χ2n) is 6.52. The van der Waals surface area contributed by atoms with Gasteiger partial charge in [-0.05, 0) is 51.3 Å². The zero-order valence-corrected chi connectivity index (χ0v) is 13.7. The summed E-state index contributed by atoms with van der Waals surface area (Å²) >= 11 is 0. The number of nitrogens with one attached hydrogen (secondary N) is 2. The minimum absolute atomic E-state index is 0.174. The van der Waals surface area contributed by atoms with Gasteiger partial charge in [-0.3, -0.25) is 0 Å². The number of carbonyl (C=O) groups excluding carboxylic acids is 1. The molecular formula is C17H25FN2O2. The Morgan fingerprint density at radius 3 is 2.82 bits per heavy atom. The van der Waals surface area contributed by atoms with Crippen molar-refractivity contribution in [1.29, 1.82) is 0 Å². The maximum atomic E-state index is 13.3. The Balaban J connectivity index is 1.85. The molecule has 1 fully saturated rings. The van der Waals surface area contributed by atoms with E-state index in [0.717, 1.165) is 18.6 Å². The maximum Gasteiger partial charge on any atom is 0.315 e. The molecular weight excluding hydrogens is 283 g/mol. The van der Waals surface area contributed by atoms with Crippen LogP contribution >= 0.6 is 0 Å². The molecule has 1 unspecified atom stereocenters. The van der Waals surface area contributed by atoms with Gasteiger partial charge >= 0.3 is 6.03 Å². The van der Waals surface area contributed by atoms with Crippen LogP contribution in [-0.2, 0) is 4.74 Å². The molecule has 0 radical (unpaired) electrons. The number of halogens is 1. The Morgan fingerprint density at radius 2 is 2.23 bits per heavy atom. The van der Waals surface area contributed by atoms with Gasteiger partial charge in [-0.25, -0.2) is 9.18 Å². The molecule has 2 rings (SSSR count). The summed E-state index contributed by atoms with van der Waals surface area (Å²) in [6.07, 6.45) is 0.958. The van der Waals surface area contributed by atoms with Gasteiger partial charge in [0.15, 0.2) is 0 Å². The quantitative estimate of drug-likeness (QED) is 0.896. The first-order valence-corrected chi connectivity index (χ1v) is 7.74. The molecule has 122 valence electrons. The lowest BCUT2D eigenvalue weighted by molar-refractivity contribution is 0.0120. The first kappa shape index (κ1) is 16.7. The van der Waals surface area contributed by atoms with Gasteiger partial charge in [0.05, 0.1) is 11.6 Å². The van der Waals surface area contributed by atoms with Gasteiger partial charge in [-0.2, -0.15) is 0 Å². The number of rotatable bonds is 4. The van der Waals surface area contributed by atoms with Crippen LogP contribution in [0.4, 0.5) is 9.18 Å². The Bertz CT molecular complexity index is 545.